The smallest absolute Gasteiger partial charge is 0.477 e. The van der Waals surface area contributed by atoms with Crippen LogP contribution in [0.2, 0.25) is 0 Å². The molecule has 306 valence electrons. The molecule has 0 spiro atoms. The van der Waals surface area contributed by atoms with Crippen LogP contribution in [-0.4, -0.2) is 114 Å². The molecule has 0 aromatic carbocycles. The highest BCUT2D eigenvalue weighted by molar-refractivity contribution is 8.00. The maximum Gasteiger partial charge on any atom is 0.535 e. The highest BCUT2D eigenvalue weighted by Gasteiger charge is 2.54. The molecule has 3 fully saturated rings. The van der Waals surface area contributed by atoms with Crippen LogP contribution in [0.4, 0.5) is 14.7 Å². The normalized spacial score (nSPS) is 21.3. The second-order valence-corrected chi connectivity index (χ2v) is 14.7. The van der Waals surface area contributed by atoms with Crippen LogP contribution in [0.5, 0.6) is 0 Å². The number of β-lactam (4-membered cyclic amide) rings is 1. The van der Waals surface area contributed by atoms with Gasteiger partial charge in [-0.3, -0.25) is 24.1 Å². The predicted octanol–water partition coefficient (Wildman–Crippen LogP) is 0.195. The molecule has 0 radical (unpaired) electrons. The number of nitrogens with zero attached hydrogens (tertiary/aromatic N) is 6. The molecular formula is C32H30N8O16S2. The Balaban J connectivity index is 0.984. The minimum absolute atomic E-state index is 0.0505. The molecule has 0 unspecified atom stereocenters. The Morgan fingerprint density at radius 2 is 1.71 bits per heavy atom. The van der Waals surface area contributed by atoms with E-state index in [4.69, 9.17) is 28.5 Å². The number of anilines is 1. The van der Waals surface area contributed by atoms with E-state index in [1.54, 1.807) is 4.90 Å². The quantitative estimate of drug-likeness (QED) is 0.0579. The number of thioether (sulfide) groups is 1. The molecule has 0 aliphatic carbocycles. The van der Waals surface area contributed by atoms with Gasteiger partial charge in [-0.1, -0.05) is 5.16 Å². The van der Waals surface area contributed by atoms with Crippen molar-refractivity contribution >= 4 is 70.1 Å². The highest BCUT2D eigenvalue weighted by atomic mass is 32.2. The number of aryl methyl sites for hydroxylation is 2. The number of allylic oxidation sites excluding steroid dienone is 1. The van der Waals surface area contributed by atoms with Crippen molar-refractivity contribution in [3.63, 3.8) is 0 Å². The van der Waals surface area contributed by atoms with Crippen LogP contribution in [0.15, 0.2) is 55.3 Å². The third-order valence-corrected chi connectivity index (χ3v) is 11.1. The van der Waals surface area contributed by atoms with Crippen LogP contribution in [0.1, 0.15) is 41.7 Å². The largest absolute Gasteiger partial charge is 0.535 e. The number of carbonyl (C=O) groups excluding carboxylic acids is 5. The molecule has 3 atom stereocenters. The molecule has 3 aromatic rings. The van der Waals surface area contributed by atoms with E-state index in [2.05, 4.69) is 29.1 Å². The molecule has 3 saturated heterocycles. The molecule has 24 nitrogen and oxygen atoms in total. The third kappa shape index (κ3) is 7.95. The number of ether oxygens (including phenoxy) is 2. The van der Waals surface area contributed by atoms with Crippen molar-refractivity contribution in [2.75, 3.05) is 31.1 Å². The van der Waals surface area contributed by atoms with Gasteiger partial charge >= 0.3 is 29.9 Å². The van der Waals surface area contributed by atoms with E-state index in [-0.39, 0.29) is 82.5 Å². The van der Waals surface area contributed by atoms with E-state index in [0.29, 0.717) is 36.6 Å². The topological polar surface area (TPSA) is 323 Å². The predicted molar refractivity (Wildman–Crippen MR) is 190 cm³/mol. The second kappa shape index (κ2) is 16.0. The number of fused-ring (bicyclic) bond motifs is 1. The number of oxime groups is 1. The van der Waals surface area contributed by atoms with Crippen molar-refractivity contribution in [2.45, 2.75) is 57.4 Å². The van der Waals surface area contributed by atoms with Gasteiger partial charge < -0.3 is 53.1 Å². The van der Waals surface area contributed by atoms with Gasteiger partial charge in [0.05, 0.1) is 6.04 Å². The lowest BCUT2D eigenvalue weighted by Crippen LogP contribution is -2.71. The summed E-state index contributed by atoms with van der Waals surface area (Å²) in [4.78, 5) is 113. The molecule has 7 rings (SSSR count). The summed E-state index contributed by atoms with van der Waals surface area (Å²) in [5.74, 6) is -5.66. The van der Waals surface area contributed by atoms with Crippen LogP contribution in [0, 0.1) is 13.8 Å². The van der Waals surface area contributed by atoms with Crippen LogP contribution < -0.4 is 22.7 Å². The van der Waals surface area contributed by atoms with Gasteiger partial charge in [0.1, 0.15) is 17.1 Å². The van der Waals surface area contributed by atoms with Gasteiger partial charge in [-0.15, -0.1) is 11.8 Å². The van der Waals surface area contributed by atoms with Gasteiger partial charge in [0.2, 0.25) is 17.4 Å². The number of amides is 4. The molecule has 4 aliphatic heterocycles. The molecule has 0 bridgehead atoms. The van der Waals surface area contributed by atoms with Crippen LogP contribution >= 0.6 is 23.3 Å². The molecule has 58 heavy (non-hydrogen) atoms. The SMILES string of the molecule is Cc1oc(=O)oc1COC(=O)O/N=C(\C(=O)N[C@@H]1C(=O)N2C(C(=O)O)=C(/C=C3\CCN([C@@H]4CCN(C(=O)OCc5oc(=O)oc5C)C4)C3=O)CS[C@H]12)c1nsc(N)n1. The Labute approximate surface area is 331 Å². The molecule has 0 saturated carbocycles. The fourth-order valence-corrected chi connectivity index (χ4v) is 8.17. The number of nitrogen functional groups attached to an aromatic ring is 1. The lowest BCUT2D eigenvalue weighted by atomic mass is 10.0. The van der Waals surface area contributed by atoms with Gasteiger partial charge in [0, 0.05) is 42.5 Å². The zero-order chi connectivity index (χ0) is 41.4. The molecule has 3 aromatic heterocycles. The summed E-state index contributed by atoms with van der Waals surface area (Å²) in [5, 5.41) is 15.2. The van der Waals surface area contributed by atoms with E-state index in [0.717, 1.165) is 16.7 Å². The molecule has 7 heterocycles. The lowest BCUT2D eigenvalue weighted by molar-refractivity contribution is -0.150. The minimum atomic E-state index is -1.44. The second-order valence-electron chi connectivity index (χ2n) is 12.8. The summed E-state index contributed by atoms with van der Waals surface area (Å²) in [7, 11) is 0. The van der Waals surface area contributed by atoms with Crippen molar-refractivity contribution in [1.29, 1.82) is 0 Å². The van der Waals surface area contributed by atoms with Gasteiger partial charge in [-0.25, -0.2) is 24.0 Å². The third-order valence-electron chi connectivity index (χ3n) is 9.25. The van der Waals surface area contributed by atoms with E-state index < -0.39 is 65.4 Å². The number of rotatable bonds is 11. The molecule has 4 amide bonds. The van der Waals surface area contributed by atoms with Crippen LogP contribution in [-0.2, 0) is 46.7 Å². The number of carboxylic acids is 1. The Kier molecular flexibility index (Phi) is 10.9. The standard InChI is InChI=1S/C32H30N8O16S2/c1-12-17(54-31(48)52-12)9-50-29(46)38-5-4-16(8-38)39-6-3-14(24(39)42)7-15-11-57-26-20(25(43)40(26)21(15)27(44)45)34-23(41)19(22-35-28(33)58-37-22)36-56-30(47)51-10-18-13(2)53-32(49)55-18/h7,16,20,26H,3-6,8-11H2,1-2H3,(H,34,41)(H,44,45)(H2,33,35,37)/b14-7+,36-19-/t16-,20-,26-/m1/s1. The Morgan fingerprint density at radius 1 is 1.02 bits per heavy atom. The van der Waals surface area contributed by atoms with Crippen LogP contribution in [0.3, 0.4) is 0 Å². The van der Waals surface area contributed by atoms with Crippen molar-refractivity contribution in [3.8, 4) is 0 Å². The number of aromatic nitrogens is 2. The number of hydrogen-bond donors (Lipinski definition) is 3. The van der Waals surface area contributed by atoms with Crippen molar-refractivity contribution in [3.05, 3.63) is 73.0 Å². The maximum absolute atomic E-state index is 13.5. The number of likely N-dealkylation sites (tertiary alicyclic amines) is 2. The molecular weight excluding hydrogens is 817 g/mol. The highest BCUT2D eigenvalue weighted by Crippen LogP contribution is 2.41. The average Bonchev–Trinajstić information content (AvgIpc) is 4.02. The average molecular weight is 847 g/mol. The lowest BCUT2D eigenvalue weighted by Gasteiger charge is -2.49. The first-order valence-corrected chi connectivity index (χ1v) is 18.9. The van der Waals surface area contributed by atoms with Crippen molar-refractivity contribution in [2.24, 2.45) is 5.16 Å². The first-order valence-electron chi connectivity index (χ1n) is 17.0. The Bertz CT molecular complexity index is 2420. The first kappa shape index (κ1) is 39.5. The van der Waals surface area contributed by atoms with Gasteiger partial charge in [-0.05, 0) is 38.3 Å². The van der Waals surface area contributed by atoms with Gasteiger partial charge in [0.15, 0.2) is 41.4 Å². The number of nitrogens with two attached hydrogens (primary N) is 1. The number of nitrogens with one attached hydrogen (secondary N) is 1. The summed E-state index contributed by atoms with van der Waals surface area (Å²) in [5.41, 5.74) is 5.14. The van der Waals surface area contributed by atoms with E-state index in [1.165, 1.54) is 24.8 Å². The van der Waals surface area contributed by atoms with E-state index >= 15 is 0 Å². The molecule has 4 N–H and O–H groups in total. The number of carboxylic acid groups (broad SMARTS) is 1. The molecule has 4 aliphatic rings. The van der Waals surface area contributed by atoms with Gasteiger partial charge in [-0.2, -0.15) is 9.36 Å². The van der Waals surface area contributed by atoms with Gasteiger partial charge in [0.25, 0.3) is 11.8 Å². The zero-order valence-corrected chi connectivity index (χ0v) is 31.7. The monoisotopic (exact) mass is 846 g/mol. The first-order chi connectivity index (χ1) is 27.7. The number of carbonyl (C=O) groups is 6. The Hall–Kier alpha value is -6.70. The summed E-state index contributed by atoms with van der Waals surface area (Å²) < 4.78 is 33.0. The zero-order valence-electron chi connectivity index (χ0n) is 30.1. The summed E-state index contributed by atoms with van der Waals surface area (Å²) in [6.45, 7) is 2.81. The van der Waals surface area contributed by atoms with E-state index in [9.17, 15) is 43.5 Å². The molecule has 26 heteroatoms. The Morgan fingerprint density at radius 3 is 2.33 bits per heavy atom. The minimum Gasteiger partial charge on any atom is -0.477 e. The number of aliphatic carboxylic acids is 1. The maximum atomic E-state index is 13.5. The fourth-order valence-electron chi connectivity index (χ4n) is 6.43. The fraction of sp³-hybridized carbons (Fsp3) is 0.406. The summed E-state index contributed by atoms with van der Waals surface area (Å²) in [6, 6.07) is -1.60. The summed E-state index contributed by atoms with van der Waals surface area (Å²) in [6.07, 6.45) is 0.112. The summed E-state index contributed by atoms with van der Waals surface area (Å²) >= 11 is 1.83. The van der Waals surface area contributed by atoms with Crippen molar-refractivity contribution in [1.82, 2.24) is 29.4 Å². The van der Waals surface area contributed by atoms with Crippen LogP contribution in [0.25, 0.3) is 0 Å². The van der Waals surface area contributed by atoms with Crippen molar-refractivity contribution < 1.29 is 65.9 Å². The number of hydrogen-bond acceptors (Lipinski definition) is 21. The van der Waals surface area contributed by atoms with E-state index in [1.807, 2.05) is 0 Å².